The van der Waals surface area contributed by atoms with Crippen LogP contribution in [-0.4, -0.2) is 40.0 Å². The van der Waals surface area contributed by atoms with Gasteiger partial charge in [-0.3, -0.25) is 4.79 Å². The summed E-state index contributed by atoms with van der Waals surface area (Å²) in [4.78, 5) is 17.7. The average Bonchev–Trinajstić information content (AvgIpc) is 2.88. The summed E-state index contributed by atoms with van der Waals surface area (Å²) in [6, 6.07) is -0.381. The van der Waals surface area contributed by atoms with E-state index in [1.165, 1.54) is 0 Å². The number of imidazole rings is 1. The SMILES string of the molecule is CCC(C)C(N)C(=O)N(C)CCCn1ccnc1. The molecule has 0 saturated carbocycles. The van der Waals surface area contributed by atoms with Crippen molar-refractivity contribution in [3.05, 3.63) is 18.7 Å². The first kappa shape index (κ1) is 14.7. The minimum absolute atomic E-state index is 0.0370. The van der Waals surface area contributed by atoms with Crippen LogP contribution in [0.1, 0.15) is 26.7 Å². The Hall–Kier alpha value is -1.36. The van der Waals surface area contributed by atoms with Crippen molar-refractivity contribution in [2.24, 2.45) is 11.7 Å². The summed E-state index contributed by atoms with van der Waals surface area (Å²) < 4.78 is 2.01. The van der Waals surface area contributed by atoms with Crippen LogP contribution in [0.15, 0.2) is 18.7 Å². The lowest BCUT2D eigenvalue weighted by Crippen LogP contribution is -2.45. The smallest absolute Gasteiger partial charge is 0.239 e. The van der Waals surface area contributed by atoms with Crippen LogP contribution in [0.2, 0.25) is 0 Å². The number of carbonyl (C=O) groups excluding carboxylic acids is 1. The number of hydrogen-bond donors (Lipinski definition) is 1. The van der Waals surface area contributed by atoms with Gasteiger partial charge in [-0.05, 0) is 12.3 Å². The molecule has 0 aromatic carbocycles. The molecule has 18 heavy (non-hydrogen) atoms. The maximum absolute atomic E-state index is 12.0. The maximum atomic E-state index is 12.0. The zero-order valence-corrected chi connectivity index (χ0v) is 11.5. The Morgan fingerprint density at radius 2 is 2.28 bits per heavy atom. The molecule has 1 aromatic rings. The van der Waals surface area contributed by atoms with Gasteiger partial charge in [-0.15, -0.1) is 0 Å². The molecule has 0 fully saturated rings. The van der Waals surface area contributed by atoms with Gasteiger partial charge >= 0.3 is 0 Å². The Kier molecular flexibility index (Phi) is 5.85. The molecule has 0 spiro atoms. The summed E-state index contributed by atoms with van der Waals surface area (Å²) >= 11 is 0. The Labute approximate surface area is 109 Å². The quantitative estimate of drug-likeness (QED) is 0.790. The normalized spacial score (nSPS) is 14.2. The van der Waals surface area contributed by atoms with Crippen molar-refractivity contribution in [3.8, 4) is 0 Å². The Morgan fingerprint density at radius 3 is 2.83 bits per heavy atom. The average molecular weight is 252 g/mol. The fraction of sp³-hybridized carbons (Fsp3) is 0.692. The second kappa shape index (κ2) is 7.16. The molecule has 1 aromatic heterocycles. The fourth-order valence-electron chi connectivity index (χ4n) is 1.77. The number of aromatic nitrogens is 2. The van der Waals surface area contributed by atoms with Crippen molar-refractivity contribution in [2.75, 3.05) is 13.6 Å². The van der Waals surface area contributed by atoms with Crippen molar-refractivity contribution in [1.82, 2.24) is 14.5 Å². The second-order valence-corrected chi connectivity index (χ2v) is 4.83. The molecule has 2 atom stereocenters. The van der Waals surface area contributed by atoms with Gasteiger partial charge in [0.05, 0.1) is 12.4 Å². The van der Waals surface area contributed by atoms with Gasteiger partial charge in [-0.25, -0.2) is 4.98 Å². The third-order valence-electron chi connectivity index (χ3n) is 3.39. The molecule has 0 bridgehead atoms. The zero-order chi connectivity index (χ0) is 13.5. The number of likely N-dealkylation sites (N-methyl/N-ethyl adjacent to an activating group) is 1. The number of carbonyl (C=O) groups is 1. The third-order valence-corrected chi connectivity index (χ3v) is 3.39. The first-order valence-corrected chi connectivity index (χ1v) is 6.52. The van der Waals surface area contributed by atoms with Crippen molar-refractivity contribution >= 4 is 5.91 Å². The highest BCUT2D eigenvalue weighted by Gasteiger charge is 2.22. The highest BCUT2D eigenvalue weighted by Crippen LogP contribution is 2.08. The van der Waals surface area contributed by atoms with Gasteiger partial charge < -0.3 is 15.2 Å². The molecule has 5 heteroatoms. The standard InChI is InChI=1S/C13H24N4O/c1-4-11(2)12(14)13(18)16(3)7-5-8-17-9-6-15-10-17/h6,9-12H,4-5,7-8,14H2,1-3H3. The van der Waals surface area contributed by atoms with Crippen LogP contribution in [0, 0.1) is 5.92 Å². The van der Waals surface area contributed by atoms with E-state index < -0.39 is 0 Å². The molecule has 5 nitrogen and oxygen atoms in total. The molecule has 2 unspecified atom stereocenters. The van der Waals surface area contributed by atoms with Gasteiger partial charge in [0, 0.05) is 32.5 Å². The molecule has 1 amide bonds. The molecule has 2 N–H and O–H groups in total. The molecule has 102 valence electrons. The highest BCUT2D eigenvalue weighted by atomic mass is 16.2. The first-order chi connectivity index (χ1) is 8.56. The minimum atomic E-state index is -0.381. The zero-order valence-electron chi connectivity index (χ0n) is 11.5. The van der Waals surface area contributed by atoms with Crippen LogP contribution >= 0.6 is 0 Å². The monoisotopic (exact) mass is 252 g/mol. The number of rotatable bonds is 7. The van der Waals surface area contributed by atoms with Crippen LogP contribution in [-0.2, 0) is 11.3 Å². The highest BCUT2D eigenvalue weighted by molar-refractivity contribution is 5.81. The van der Waals surface area contributed by atoms with E-state index in [0.717, 1.165) is 25.9 Å². The van der Waals surface area contributed by atoms with Crippen LogP contribution in [0.25, 0.3) is 0 Å². The maximum Gasteiger partial charge on any atom is 0.239 e. The van der Waals surface area contributed by atoms with E-state index in [4.69, 9.17) is 5.73 Å². The molecule has 0 aliphatic rings. The van der Waals surface area contributed by atoms with E-state index in [9.17, 15) is 4.79 Å². The topological polar surface area (TPSA) is 64.2 Å². The molecule has 0 radical (unpaired) electrons. The Bertz CT molecular complexity index is 350. The Balaban J connectivity index is 2.31. The van der Waals surface area contributed by atoms with Gasteiger partial charge in [0.15, 0.2) is 0 Å². The predicted molar refractivity (Wildman–Crippen MR) is 71.9 cm³/mol. The lowest BCUT2D eigenvalue weighted by Gasteiger charge is -2.24. The molecule has 0 aliphatic heterocycles. The summed E-state index contributed by atoms with van der Waals surface area (Å²) in [5, 5.41) is 0. The predicted octanol–water partition coefficient (Wildman–Crippen LogP) is 1.10. The lowest BCUT2D eigenvalue weighted by atomic mass is 9.99. The summed E-state index contributed by atoms with van der Waals surface area (Å²) in [6.45, 7) is 5.66. The van der Waals surface area contributed by atoms with Gasteiger partial charge in [-0.2, -0.15) is 0 Å². The molecular formula is C13H24N4O. The van der Waals surface area contributed by atoms with Crippen molar-refractivity contribution in [3.63, 3.8) is 0 Å². The molecule has 1 rings (SSSR count). The van der Waals surface area contributed by atoms with Crippen molar-refractivity contribution in [2.45, 2.75) is 39.3 Å². The van der Waals surface area contributed by atoms with E-state index >= 15 is 0 Å². The molecular weight excluding hydrogens is 228 g/mol. The number of nitrogens with zero attached hydrogens (tertiary/aromatic N) is 3. The number of hydrogen-bond acceptors (Lipinski definition) is 3. The summed E-state index contributed by atoms with van der Waals surface area (Å²) in [5.74, 6) is 0.267. The van der Waals surface area contributed by atoms with Gasteiger partial charge in [0.1, 0.15) is 0 Å². The van der Waals surface area contributed by atoms with Crippen LogP contribution in [0.5, 0.6) is 0 Å². The number of amides is 1. The fourth-order valence-corrected chi connectivity index (χ4v) is 1.77. The molecule has 0 aliphatic carbocycles. The van der Waals surface area contributed by atoms with E-state index in [2.05, 4.69) is 11.9 Å². The largest absolute Gasteiger partial charge is 0.344 e. The molecule has 0 saturated heterocycles. The number of aryl methyl sites for hydroxylation is 1. The van der Waals surface area contributed by atoms with Crippen LogP contribution in [0.3, 0.4) is 0 Å². The minimum Gasteiger partial charge on any atom is -0.344 e. The van der Waals surface area contributed by atoms with Gasteiger partial charge in [0.2, 0.25) is 5.91 Å². The van der Waals surface area contributed by atoms with E-state index in [1.807, 2.05) is 24.7 Å². The first-order valence-electron chi connectivity index (χ1n) is 6.52. The van der Waals surface area contributed by atoms with Crippen LogP contribution in [0.4, 0.5) is 0 Å². The number of nitrogens with two attached hydrogens (primary N) is 1. The lowest BCUT2D eigenvalue weighted by molar-refractivity contribution is -0.132. The Morgan fingerprint density at radius 1 is 1.56 bits per heavy atom. The van der Waals surface area contributed by atoms with E-state index in [-0.39, 0.29) is 17.9 Å². The molecule has 1 heterocycles. The van der Waals surface area contributed by atoms with Gasteiger partial charge in [-0.1, -0.05) is 20.3 Å². The van der Waals surface area contributed by atoms with Crippen LogP contribution < -0.4 is 5.73 Å². The van der Waals surface area contributed by atoms with Gasteiger partial charge in [0.25, 0.3) is 0 Å². The summed E-state index contributed by atoms with van der Waals surface area (Å²) in [5.41, 5.74) is 5.93. The van der Waals surface area contributed by atoms with Crippen molar-refractivity contribution < 1.29 is 4.79 Å². The van der Waals surface area contributed by atoms with E-state index in [0.29, 0.717) is 0 Å². The van der Waals surface area contributed by atoms with E-state index in [1.54, 1.807) is 17.4 Å². The second-order valence-electron chi connectivity index (χ2n) is 4.83. The summed E-state index contributed by atoms with van der Waals surface area (Å²) in [7, 11) is 1.82. The van der Waals surface area contributed by atoms with Crippen molar-refractivity contribution in [1.29, 1.82) is 0 Å². The third kappa shape index (κ3) is 4.14. The summed E-state index contributed by atoms with van der Waals surface area (Å²) in [6.07, 6.45) is 7.30.